The van der Waals surface area contributed by atoms with Crippen LogP contribution in [0.2, 0.25) is 0 Å². The second-order valence-electron chi connectivity index (χ2n) is 6.76. The van der Waals surface area contributed by atoms with Gasteiger partial charge in [0.2, 0.25) is 0 Å². The predicted molar refractivity (Wildman–Crippen MR) is 89.7 cm³/mol. The summed E-state index contributed by atoms with van der Waals surface area (Å²) < 4.78 is 7.18. The molecule has 2 unspecified atom stereocenters. The van der Waals surface area contributed by atoms with Gasteiger partial charge in [-0.1, -0.05) is 12.1 Å². The number of ether oxygens (including phenoxy) is 1. The molecule has 2 aliphatic rings. The molecule has 0 radical (unpaired) electrons. The van der Waals surface area contributed by atoms with Crippen molar-refractivity contribution >= 4 is 5.82 Å². The lowest BCUT2D eigenvalue weighted by Gasteiger charge is -2.39. The van der Waals surface area contributed by atoms with E-state index in [1.165, 1.54) is 12.8 Å². The van der Waals surface area contributed by atoms with E-state index in [1.54, 1.807) is 13.4 Å². The molecule has 2 aromatic rings. The number of fused-ring (bicyclic) bond motifs is 2. The zero-order valence-corrected chi connectivity index (χ0v) is 14.3. The van der Waals surface area contributed by atoms with Crippen LogP contribution in [0.3, 0.4) is 0 Å². The number of rotatable bonds is 5. The van der Waals surface area contributed by atoms with Gasteiger partial charge in [-0.3, -0.25) is 0 Å². The van der Waals surface area contributed by atoms with Crippen LogP contribution in [0.4, 0.5) is 5.82 Å². The van der Waals surface area contributed by atoms with Gasteiger partial charge < -0.3 is 9.64 Å². The molecule has 2 atom stereocenters. The van der Waals surface area contributed by atoms with Crippen molar-refractivity contribution in [2.45, 2.75) is 63.8 Å². The second kappa shape index (κ2) is 6.47. The van der Waals surface area contributed by atoms with Gasteiger partial charge in [0, 0.05) is 31.0 Å². The Bertz CT molecular complexity index is 688. The van der Waals surface area contributed by atoms with Crippen molar-refractivity contribution in [3.63, 3.8) is 0 Å². The summed E-state index contributed by atoms with van der Waals surface area (Å²) >= 11 is 0. The Morgan fingerprint density at radius 3 is 2.62 bits per heavy atom. The standard InChI is InChI=1S/C17H24N6O/c1-3-12-6-17(19-11-18-12)23-14-4-5-15(23)8-16(7-14)22-9-13(10-24-2)20-21-22/h6,9,11,14-16H,3-5,7-8,10H2,1-2H3. The number of piperidine rings is 1. The van der Waals surface area contributed by atoms with E-state index < -0.39 is 0 Å². The van der Waals surface area contributed by atoms with Crippen LogP contribution in [0.25, 0.3) is 0 Å². The largest absolute Gasteiger partial charge is 0.378 e. The zero-order chi connectivity index (χ0) is 16.5. The highest BCUT2D eigenvalue weighted by molar-refractivity contribution is 5.44. The summed E-state index contributed by atoms with van der Waals surface area (Å²) in [7, 11) is 1.68. The SMILES string of the molecule is CCc1cc(N2C3CCC2CC(n2cc(COC)nn2)C3)ncn1. The molecule has 2 saturated heterocycles. The topological polar surface area (TPSA) is 69.0 Å². The summed E-state index contributed by atoms with van der Waals surface area (Å²) in [5.41, 5.74) is 2.01. The highest BCUT2D eigenvalue weighted by atomic mass is 16.5. The third kappa shape index (κ3) is 2.77. The number of aryl methyl sites for hydroxylation is 1. The van der Waals surface area contributed by atoms with Crippen LogP contribution in [0.15, 0.2) is 18.6 Å². The molecule has 0 N–H and O–H groups in total. The number of aromatic nitrogens is 5. The lowest BCUT2D eigenvalue weighted by atomic mass is 9.97. The first-order valence-electron chi connectivity index (χ1n) is 8.77. The van der Waals surface area contributed by atoms with Gasteiger partial charge in [-0.05, 0) is 32.1 Å². The Morgan fingerprint density at radius 1 is 1.12 bits per heavy atom. The van der Waals surface area contributed by atoms with Gasteiger partial charge in [-0.15, -0.1) is 5.10 Å². The van der Waals surface area contributed by atoms with Crippen molar-refractivity contribution in [3.8, 4) is 0 Å². The van der Waals surface area contributed by atoms with E-state index in [-0.39, 0.29) is 0 Å². The molecule has 128 valence electrons. The maximum atomic E-state index is 5.14. The molecule has 2 fully saturated rings. The number of anilines is 1. The van der Waals surface area contributed by atoms with Crippen LogP contribution >= 0.6 is 0 Å². The third-order valence-corrected chi connectivity index (χ3v) is 5.27. The molecule has 2 bridgehead atoms. The quantitative estimate of drug-likeness (QED) is 0.838. The van der Waals surface area contributed by atoms with E-state index in [4.69, 9.17) is 4.74 Å². The first kappa shape index (κ1) is 15.5. The van der Waals surface area contributed by atoms with Crippen molar-refractivity contribution < 1.29 is 4.74 Å². The molecule has 7 nitrogen and oxygen atoms in total. The van der Waals surface area contributed by atoms with Crippen LogP contribution in [0.1, 0.15) is 50.0 Å². The van der Waals surface area contributed by atoms with Crippen LogP contribution < -0.4 is 4.90 Å². The van der Waals surface area contributed by atoms with Gasteiger partial charge >= 0.3 is 0 Å². The average molecular weight is 328 g/mol. The summed E-state index contributed by atoms with van der Waals surface area (Å²) in [5.74, 6) is 1.09. The Labute approximate surface area is 142 Å². The van der Waals surface area contributed by atoms with Crippen LogP contribution in [-0.4, -0.2) is 44.2 Å². The van der Waals surface area contributed by atoms with Crippen molar-refractivity contribution in [3.05, 3.63) is 30.0 Å². The van der Waals surface area contributed by atoms with Crippen LogP contribution in [0, 0.1) is 0 Å². The van der Waals surface area contributed by atoms with E-state index in [0.717, 1.165) is 36.5 Å². The maximum Gasteiger partial charge on any atom is 0.132 e. The molecule has 0 saturated carbocycles. The van der Waals surface area contributed by atoms with E-state index in [0.29, 0.717) is 24.7 Å². The van der Waals surface area contributed by atoms with Crippen molar-refractivity contribution in [1.82, 2.24) is 25.0 Å². The predicted octanol–water partition coefficient (Wildman–Crippen LogP) is 2.15. The molecule has 4 heterocycles. The van der Waals surface area contributed by atoms with E-state index in [9.17, 15) is 0 Å². The zero-order valence-electron chi connectivity index (χ0n) is 14.3. The van der Waals surface area contributed by atoms with Gasteiger partial charge in [0.25, 0.3) is 0 Å². The Hall–Kier alpha value is -2.02. The van der Waals surface area contributed by atoms with Gasteiger partial charge in [0.15, 0.2) is 0 Å². The number of hydrogen-bond donors (Lipinski definition) is 0. The summed E-state index contributed by atoms with van der Waals surface area (Å²) in [6, 6.07) is 3.63. The fraction of sp³-hybridized carbons (Fsp3) is 0.647. The van der Waals surface area contributed by atoms with Crippen LogP contribution in [0.5, 0.6) is 0 Å². The van der Waals surface area contributed by atoms with Crippen molar-refractivity contribution in [2.75, 3.05) is 12.0 Å². The fourth-order valence-electron chi connectivity index (χ4n) is 4.16. The number of methoxy groups -OCH3 is 1. The third-order valence-electron chi connectivity index (χ3n) is 5.27. The lowest BCUT2D eigenvalue weighted by molar-refractivity contribution is 0.181. The molecule has 0 aromatic carbocycles. The van der Waals surface area contributed by atoms with E-state index in [1.807, 2.05) is 10.9 Å². The summed E-state index contributed by atoms with van der Waals surface area (Å²) in [6.45, 7) is 2.65. The summed E-state index contributed by atoms with van der Waals surface area (Å²) in [4.78, 5) is 11.4. The minimum Gasteiger partial charge on any atom is -0.378 e. The molecule has 0 spiro atoms. The molecular weight excluding hydrogens is 304 g/mol. The normalized spacial score (nSPS) is 26.1. The number of nitrogens with zero attached hydrogens (tertiary/aromatic N) is 6. The van der Waals surface area contributed by atoms with Crippen molar-refractivity contribution in [1.29, 1.82) is 0 Å². The highest BCUT2D eigenvalue weighted by Crippen LogP contribution is 2.42. The molecule has 2 aliphatic heterocycles. The minimum absolute atomic E-state index is 0.421. The average Bonchev–Trinajstić information content (AvgIpc) is 3.18. The first-order chi connectivity index (χ1) is 11.8. The Balaban J connectivity index is 1.52. The monoisotopic (exact) mass is 328 g/mol. The molecule has 0 aliphatic carbocycles. The Morgan fingerprint density at radius 2 is 1.92 bits per heavy atom. The van der Waals surface area contributed by atoms with Crippen LogP contribution in [-0.2, 0) is 17.8 Å². The molecule has 2 aromatic heterocycles. The maximum absolute atomic E-state index is 5.14. The lowest BCUT2D eigenvalue weighted by Crippen LogP contribution is -2.44. The highest BCUT2D eigenvalue weighted by Gasteiger charge is 2.42. The molecule has 7 heteroatoms. The smallest absolute Gasteiger partial charge is 0.132 e. The van der Waals surface area contributed by atoms with E-state index in [2.05, 4.69) is 38.2 Å². The van der Waals surface area contributed by atoms with Gasteiger partial charge in [-0.25, -0.2) is 14.6 Å². The summed E-state index contributed by atoms with van der Waals surface area (Å²) in [5, 5.41) is 8.53. The van der Waals surface area contributed by atoms with E-state index >= 15 is 0 Å². The molecule has 0 amide bonds. The first-order valence-corrected chi connectivity index (χ1v) is 8.77. The second-order valence-corrected chi connectivity index (χ2v) is 6.76. The molecule has 4 rings (SSSR count). The summed E-state index contributed by atoms with van der Waals surface area (Å²) in [6.07, 6.45) is 9.33. The van der Waals surface area contributed by atoms with Gasteiger partial charge in [0.05, 0.1) is 18.8 Å². The minimum atomic E-state index is 0.421. The fourth-order valence-corrected chi connectivity index (χ4v) is 4.16. The van der Waals surface area contributed by atoms with Crippen molar-refractivity contribution in [2.24, 2.45) is 0 Å². The number of hydrogen-bond acceptors (Lipinski definition) is 6. The molecular formula is C17H24N6O. The van der Waals surface area contributed by atoms with Gasteiger partial charge in [-0.2, -0.15) is 0 Å². The van der Waals surface area contributed by atoms with Gasteiger partial charge in [0.1, 0.15) is 17.8 Å². The molecule has 24 heavy (non-hydrogen) atoms. The Kier molecular flexibility index (Phi) is 4.18.